The molecule has 2 aliphatic rings. The van der Waals surface area contributed by atoms with Crippen LogP contribution in [-0.4, -0.2) is 112 Å². The van der Waals surface area contributed by atoms with Crippen molar-refractivity contribution < 1.29 is 45.0 Å². The molecule has 0 aromatic heterocycles. The van der Waals surface area contributed by atoms with Crippen molar-refractivity contribution in [3.63, 3.8) is 0 Å². The SMILES string of the molecule is CC(C)N1CC(OS(C)(=O)=O)C1.CC(C)N1CC(OS(C)(=O)=O)C1.O=C(O)/C=C\C(=O)O. The van der Waals surface area contributed by atoms with Crippen molar-refractivity contribution in [3.05, 3.63) is 12.2 Å². The van der Waals surface area contributed by atoms with Crippen LogP contribution in [0.3, 0.4) is 0 Å². The molecule has 0 radical (unpaired) electrons. The molecule has 2 fully saturated rings. The Hall–Kier alpha value is -1.58. The fourth-order valence-electron chi connectivity index (χ4n) is 2.54. The Bertz CT molecular complexity index is 771. The highest BCUT2D eigenvalue weighted by Crippen LogP contribution is 2.16. The lowest BCUT2D eigenvalue weighted by atomic mass is 10.1. The van der Waals surface area contributed by atoms with Crippen molar-refractivity contribution in [2.24, 2.45) is 0 Å². The van der Waals surface area contributed by atoms with Crippen molar-refractivity contribution in [2.45, 2.75) is 52.0 Å². The van der Waals surface area contributed by atoms with Gasteiger partial charge in [-0.25, -0.2) is 9.59 Å². The van der Waals surface area contributed by atoms with E-state index in [1.54, 1.807) is 0 Å². The first-order valence-corrected chi connectivity index (χ1v) is 13.4. The molecule has 2 aliphatic heterocycles. The summed E-state index contributed by atoms with van der Waals surface area (Å²) in [4.78, 5) is 23.4. The molecule has 14 heteroatoms. The summed E-state index contributed by atoms with van der Waals surface area (Å²) in [6, 6.07) is 0.953. The quantitative estimate of drug-likeness (QED) is 0.332. The standard InChI is InChI=1S/2C7H15NO3S.C4H4O4/c2*1-6(2)8-4-7(5-8)11-12(3,9)10;5-3(6)1-2-4(7)8/h2*6-7H,4-5H2,1-3H3;1-2H,(H,5,6)(H,7,8)/b;;2-1-. The van der Waals surface area contributed by atoms with E-state index < -0.39 is 32.2 Å². The average molecular weight is 503 g/mol. The van der Waals surface area contributed by atoms with Gasteiger partial charge in [-0.05, 0) is 27.7 Å². The third kappa shape index (κ3) is 15.3. The maximum Gasteiger partial charge on any atom is 0.328 e. The topological polar surface area (TPSA) is 168 Å². The molecule has 0 aromatic carbocycles. The van der Waals surface area contributed by atoms with Crippen LogP contribution in [0.25, 0.3) is 0 Å². The Morgan fingerprint density at radius 3 is 1.16 bits per heavy atom. The number of hydrogen-bond acceptors (Lipinski definition) is 10. The highest BCUT2D eigenvalue weighted by molar-refractivity contribution is 7.86. The molecule has 0 amide bonds. The van der Waals surface area contributed by atoms with Crippen LogP contribution in [0, 0.1) is 0 Å². The van der Waals surface area contributed by atoms with Gasteiger partial charge in [-0.1, -0.05) is 0 Å². The van der Waals surface area contributed by atoms with Gasteiger partial charge in [0.25, 0.3) is 20.2 Å². The molecule has 2 N–H and O–H groups in total. The van der Waals surface area contributed by atoms with E-state index >= 15 is 0 Å². The summed E-state index contributed by atoms with van der Waals surface area (Å²) < 4.78 is 52.3. The van der Waals surface area contributed by atoms with Crippen molar-refractivity contribution >= 4 is 32.2 Å². The Morgan fingerprint density at radius 2 is 1.00 bits per heavy atom. The van der Waals surface area contributed by atoms with Gasteiger partial charge in [0.05, 0.1) is 12.5 Å². The molecule has 0 aromatic rings. The van der Waals surface area contributed by atoms with E-state index in [9.17, 15) is 26.4 Å². The summed E-state index contributed by atoms with van der Waals surface area (Å²) in [6.45, 7) is 11.2. The first kappa shape index (κ1) is 30.4. The highest BCUT2D eigenvalue weighted by Gasteiger charge is 2.32. The van der Waals surface area contributed by atoms with E-state index in [1.165, 1.54) is 0 Å². The first-order chi connectivity index (χ1) is 14.4. The predicted octanol–water partition coefficient (Wildman–Crippen LogP) is -0.178. The van der Waals surface area contributed by atoms with E-state index in [2.05, 4.69) is 37.5 Å². The van der Waals surface area contributed by atoms with Crippen LogP contribution in [0.5, 0.6) is 0 Å². The second kappa shape index (κ2) is 13.2. The Labute approximate surface area is 190 Å². The summed E-state index contributed by atoms with van der Waals surface area (Å²) >= 11 is 0. The minimum Gasteiger partial charge on any atom is -0.478 e. The van der Waals surface area contributed by atoms with Crippen LogP contribution < -0.4 is 0 Å². The summed E-state index contributed by atoms with van der Waals surface area (Å²) in [5.74, 6) is -2.51. The average Bonchev–Trinajstić information content (AvgIpc) is 2.50. The summed E-state index contributed by atoms with van der Waals surface area (Å²) in [5.41, 5.74) is 0. The molecule has 0 atom stereocenters. The van der Waals surface area contributed by atoms with Gasteiger partial charge in [-0.3, -0.25) is 18.2 Å². The smallest absolute Gasteiger partial charge is 0.328 e. The van der Waals surface area contributed by atoms with E-state index in [0.717, 1.165) is 38.7 Å². The van der Waals surface area contributed by atoms with Crippen molar-refractivity contribution in [1.29, 1.82) is 0 Å². The molecule has 32 heavy (non-hydrogen) atoms. The van der Waals surface area contributed by atoms with Gasteiger partial charge in [-0.15, -0.1) is 0 Å². The minimum absolute atomic E-state index is 0.123. The zero-order valence-electron chi connectivity index (χ0n) is 19.2. The minimum atomic E-state index is -3.26. The van der Waals surface area contributed by atoms with Gasteiger partial charge in [0.15, 0.2) is 0 Å². The fraction of sp³-hybridized carbons (Fsp3) is 0.778. The summed E-state index contributed by atoms with van der Waals surface area (Å²) in [7, 11) is -6.52. The molecule has 0 bridgehead atoms. The number of nitrogens with zero attached hydrogens (tertiary/aromatic N) is 2. The zero-order chi connectivity index (χ0) is 25.3. The zero-order valence-corrected chi connectivity index (χ0v) is 20.8. The lowest BCUT2D eigenvalue weighted by Gasteiger charge is -2.40. The van der Waals surface area contributed by atoms with Crippen LogP contribution in [0.15, 0.2) is 12.2 Å². The molecule has 2 saturated heterocycles. The van der Waals surface area contributed by atoms with Gasteiger partial charge >= 0.3 is 11.9 Å². The molecule has 188 valence electrons. The van der Waals surface area contributed by atoms with Crippen LogP contribution in [0.4, 0.5) is 0 Å². The number of carboxylic acid groups (broad SMARTS) is 2. The normalized spacial score (nSPS) is 18.4. The van der Waals surface area contributed by atoms with Gasteiger partial charge in [0.2, 0.25) is 0 Å². The fourth-order valence-corrected chi connectivity index (χ4v) is 3.77. The molecule has 0 unspecified atom stereocenters. The predicted molar refractivity (Wildman–Crippen MR) is 117 cm³/mol. The largest absolute Gasteiger partial charge is 0.478 e. The highest BCUT2D eigenvalue weighted by atomic mass is 32.2. The number of hydrogen-bond donors (Lipinski definition) is 2. The third-order valence-electron chi connectivity index (χ3n) is 4.20. The molecule has 0 saturated carbocycles. The number of carbonyl (C=O) groups is 2. The van der Waals surface area contributed by atoms with Crippen molar-refractivity contribution in [3.8, 4) is 0 Å². The maximum absolute atomic E-state index is 10.7. The number of aliphatic carboxylic acids is 2. The number of likely N-dealkylation sites (tertiary alicyclic amines) is 2. The van der Waals surface area contributed by atoms with Gasteiger partial charge < -0.3 is 10.2 Å². The van der Waals surface area contributed by atoms with Crippen LogP contribution >= 0.6 is 0 Å². The van der Waals surface area contributed by atoms with Crippen molar-refractivity contribution in [2.75, 3.05) is 38.7 Å². The summed E-state index contributed by atoms with van der Waals surface area (Å²) in [6.07, 6.45) is 3.05. The van der Waals surface area contributed by atoms with Crippen LogP contribution in [-0.2, 0) is 38.2 Å². The lowest BCUT2D eigenvalue weighted by molar-refractivity contribution is -0.134. The molecule has 0 spiro atoms. The molecule has 2 heterocycles. The second-order valence-electron chi connectivity index (χ2n) is 7.95. The van der Waals surface area contributed by atoms with Crippen LogP contribution in [0.2, 0.25) is 0 Å². The molecular formula is C18H34N2O10S2. The van der Waals surface area contributed by atoms with Crippen LogP contribution in [0.1, 0.15) is 27.7 Å². The van der Waals surface area contributed by atoms with Gasteiger partial charge in [0.1, 0.15) is 12.2 Å². The summed E-state index contributed by atoms with van der Waals surface area (Å²) in [5, 5.41) is 15.6. The van der Waals surface area contributed by atoms with E-state index in [0.29, 0.717) is 24.2 Å². The number of carboxylic acids is 2. The first-order valence-electron chi connectivity index (χ1n) is 9.78. The molecule has 0 aliphatic carbocycles. The van der Waals surface area contributed by atoms with E-state index in [-0.39, 0.29) is 12.2 Å². The molecule has 2 rings (SSSR count). The molecule has 12 nitrogen and oxygen atoms in total. The Morgan fingerprint density at radius 1 is 0.750 bits per heavy atom. The molecular weight excluding hydrogens is 468 g/mol. The van der Waals surface area contributed by atoms with Gasteiger partial charge in [-0.2, -0.15) is 16.8 Å². The van der Waals surface area contributed by atoms with E-state index in [4.69, 9.17) is 18.6 Å². The number of rotatable bonds is 8. The Balaban J connectivity index is 0.000000462. The van der Waals surface area contributed by atoms with E-state index in [1.807, 2.05) is 0 Å². The van der Waals surface area contributed by atoms with Gasteiger partial charge in [0, 0.05) is 50.4 Å². The third-order valence-corrected chi connectivity index (χ3v) is 5.45. The monoisotopic (exact) mass is 502 g/mol. The van der Waals surface area contributed by atoms with Crippen molar-refractivity contribution in [1.82, 2.24) is 9.80 Å². The lowest BCUT2D eigenvalue weighted by Crippen LogP contribution is -2.55. The second-order valence-corrected chi connectivity index (χ2v) is 11.2. The maximum atomic E-state index is 10.7. The Kier molecular flexibility index (Phi) is 12.6.